The van der Waals surface area contributed by atoms with Gasteiger partial charge in [0.1, 0.15) is 5.69 Å². The lowest BCUT2D eigenvalue weighted by molar-refractivity contribution is 0.0741. The first kappa shape index (κ1) is 14.9. The zero-order valence-corrected chi connectivity index (χ0v) is 13.3. The Morgan fingerprint density at radius 3 is 2.59 bits per heavy atom. The Balaban J connectivity index is 1.68. The van der Waals surface area contributed by atoms with Crippen molar-refractivity contribution in [1.82, 2.24) is 9.88 Å². The summed E-state index contributed by atoms with van der Waals surface area (Å²) in [5.41, 5.74) is 2.86. The number of rotatable bonds is 2. The normalized spacial score (nSPS) is 15.0. The number of pyridine rings is 1. The third-order valence-corrected chi connectivity index (χ3v) is 4.20. The topological polar surface area (TPSA) is 36.4 Å². The number of nitrogens with zero attached hydrogens (tertiary/aromatic N) is 3. The highest BCUT2D eigenvalue weighted by molar-refractivity contribution is 6.30. The van der Waals surface area contributed by atoms with E-state index in [1.165, 1.54) is 5.56 Å². The van der Waals surface area contributed by atoms with E-state index < -0.39 is 0 Å². The predicted octanol–water partition coefficient (Wildman–Crippen LogP) is 3.01. The summed E-state index contributed by atoms with van der Waals surface area (Å²) in [6.07, 6.45) is 1.65. The first-order valence-corrected chi connectivity index (χ1v) is 7.74. The van der Waals surface area contributed by atoms with Gasteiger partial charge in [-0.05, 0) is 36.8 Å². The zero-order chi connectivity index (χ0) is 15.5. The highest BCUT2D eigenvalue weighted by Crippen LogP contribution is 2.25. The van der Waals surface area contributed by atoms with Crippen molar-refractivity contribution in [3.63, 3.8) is 0 Å². The molecule has 0 atom stereocenters. The second-order valence-electron chi connectivity index (χ2n) is 5.43. The molecule has 4 nitrogen and oxygen atoms in total. The summed E-state index contributed by atoms with van der Waals surface area (Å²) in [6.45, 7) is 5.08. The second-order valence-corrected chi connectivity index (χ2v) is 5.86. The van der Waals surface area contributed by atoms with Crippen LogP contribution in [0.3, 0.4) is 0 Å². The van der Waals surface area contributed by atoms with E-state index in [0.29, 0.717) is 18.8 Å². The standard InChI is InChI=1S/C17H18ClN3O/c1-13-5-6-14(18)12-16(13)20-8-10-21(11-9-20)17(22)15-4-2-3-7-19-15/h2-7,12H,8-11H2,1H3. The molecule has 0 spiro atoms. The van der Waals surface area contributed by atoms with Gasteiger partial charge in [0.05, 0.1) is 0 Å². The van der Waals surface area contributed by atoms with Gasteiger partial charge in [-0.2, -0.15) is 0 Å². The van der Waals surface area contributed by atoms with Crippen molar-refractivity contribution in [2.45, 2.75) is 6.92 Å². The molecule has 0 bridgehead atoms. The number of hydrogen-bond donors (Lipinski definition) is 0. The van der Waals surface area contributed by atoms with Crippen molar-refractivity contribution in [2.75, 3.05) is 31.1 Å². The van der Waals surface area contributed by atoms with Gasteiger partial charge in [0.25, 0.3) is 5.91 Å². The summed E-state index contributed by atoms with van der Waals surface area (Å²) in [5, 5.41) is 0.743. The van der Waals surface area contributed by atoms with Gasteiger partial charge in [0, 0.05) is 43.1 Å². The fourth-order valence-corrected chi connectivity index (χ4v) is 2.89. The molecule has 0 radical (unpaired) electrons. The fourth-order valence-electron chi connectivity index (χ4n) is 2.72. The van der Waals surface area contributed by atoms with Crippen LogP contribution < -0.4 is 4.90 Å². The highest BCUT2D eigenvalue weighted by atomic mass is 35.5. The van der Waals surface area contributed by atoms with Gasteiger partial charge in [-0.1, -0.05) is 23.7 Å². The largest absolute Gasteiger partial charge is 0.368 e. The Morgan fingerprint density at radius 1 is 1.14 bits per heavy atom. The molecule has 2 aromatic rings. The monoisotopic (exact) mass is 315 g/mol. The van der Waals surface area contributed by atoms with Gasteiger partial charge in [-0.3, -0.25) is 9.78 Å². The molecular formula is C17H18ClN3O. The van der Waals surface area contributed by atoms with E-state index in [1.54, 1.807) is 12.3 Å². The summed E-state index contributed by atoms with van der Waals surface area (Å²) < 4.78 is 0. The first-order chi connectivity index (χ1) is 10.6. The van der Waals surface area contributed by atoms with E-state index in [0.717, 1.165) is 23.8 Å². The second kappa shape index (κ2) is 6.36. The van der Waals surface area contributed by atoms with Crippen LogP contribution in [0.2, 0.25) is 5.02 Å². The zero-order valence-electron chi connectivity index (χ0n) is 12.5. The van der Waals surface area contributed by atoms with Gasteiger partial charge in [0.2, 0.25) is 0 Å². The molecule has 22 heavy (non-hydrogen) atoms. The minimum absolute atomic E-state index is 0.00284. The lowest BCUT2D eigenvalue weighted by Gasteiger charge is -2.36. The van der Waals surface area contributed by atoms with Crippen LogP contribution in [0.5, 0.6) is 0 Å². The number of halogens is 1. The molecule has 0 aliphatic carbocycles. The van der Waals surface area contributed by atoms with Crippen LogP contribution in [0, 0.1) is 6.92 Å². The number of benzene rings is 1. The van der Waals surface area contributed by atoms with Crippen LogP contribution in [0.25, 0.3) is 0 Å². The number of hydrogen-bond acceptors (Lipinski definition) is 3. The maximum atomic E-state index is 12.4. The highest BCUT2D eigenvalue weighted by Gasteiger charge is 2.23. The molecular weight excluding hydrogens is 298 g/mol. The first-order valence-electron chi connectivity index (χ1n) is 7.36. The van der Waals surface area contributed by atoms with Gasteiger partial charge < -0.3 is 9.80 Å². The van der Waals surface area contributed by atoms with E-state index >= 15 is 0 Å². The van der Waals surface area contributed by atoms with Crippen LogP contribution in [0.1, 0.15) is 16.1 Å². The Labute approximate surface area is 135 Å². The molecule has 0 N–H and O–H groups in total. The van der Waals surface area contributed by atoms with Crippen molar-refractivity contribution < 1.29 is 4.79 Å². The van der Waals surface area contributed by atoms with E-state index in [2.05, 4.69) is 16.8 Å². The maximum absolute atomic E-state index is 12.4. The molecule has 0 unspecified atom stereocenters. The summed E-state index contributed by atoms with van der Waals surface area (Å²) in [5.74, 6) is 0.00284. The Kier molecular flexibility index (Phi) is 4.29. The van der Waals surface area contributed by atoms with Gasteiger partial charge in [-0.15, -0.1) is 0 Å². The third-order valence-electron chi connectivity index (χ3n) is 3.96. The fraction of sp³-hybridized carbons (Fsp3) is 0.294. The lowest BCUT2D eigenvalue weighted by atomic mass is 10.1. The number of aryl methyl sites for hydroxylation is 1. The Hall–Kier alpha value is -2.07. The molecule has 3 rings (SSSR count). The molecule has 1 amide bonds. The van der Waals surface area contributed by atoms with Crippen LogP contribution in [0.15, 0.2) is 42.6 Å². The molecule has 1 fully saturated rings. The number of aromatic nitrogens is 1. The van der Waals surface area contributed by atoms with E-state index in [9.17, 15) is 4.79 Å². The van der Waals surface area contributed by atoms with Crippen molar-refractivity contribution in [2.24, 2.45) is 0 Å². The minimum atomic E-state index is 0.00284. The Bertz CT molecular complexity index is 667. The van der Waals surface area contributed by atoms with Gasteiger partial charge in [-0.25, -0.2) is 0 Å². The van der Waals surface area contributed by atoms with Crippen LogP contribution in [-0.4, -0.2) is 42.0 Å². The number of anilines is 1. The third kappa shape index (κ3) is 3.07. The van der Waals surface area contributed by atoms with Gasteiger partial charge >= 0.3 is 0 Å². The molecule has 0 saturated carbocycles. The summed E-state index contributed by atoms with van der Waals surface area (Å²) in [4.78, 5) is 20.7. The molecule has 114 valence electrons. The van der Waals surface area contributed by atoms with Crippen molar-refractivity contribution in [1.29, 1.82) is 0 Å². The summed E-state index contributed by atoms with van der Waals surface area (Å²) >= 11 is 6.10. The molecule has 1 aromatic carbocycles. The summed E-state index contributed by atoms with van der Waals surface area (Å²) in [6, 6.07) is 11.3. The number of carbonyl (C=O) groups excluding carboxylic acids is 1. The quantitative estimate of drug-likeness (QED) is 0.855. The molecule has 1 saturated heterocycles. The molecule has 1 aliphatic heterocycles. The van der Waals surface area contributed by atoms with Gasteiger partial charge in [0.15, 0.2) is 0 Å². The SMILES string of the molecule is Cc1ccc(Cl)cc1N1CCN(C(=O)c2ccccn2)CC1. The van der Waals surface area contributed by atoms with Crippen molar-refractivity contribution >= 4 is 23.2 Å². The van der Waals surface area contributed by atoms with E-state index in [1.807, 2.05) is 35.2 Å². The molecule has 1 aromatic heterocycles. The molecule has 2 heterocycles. The van der Waals surface area contributed by atoms with E-state index in [-0.39, 0.29) is 5.91 Å². The maximum Gasteiger partial charge on any atom is 0.272 e. The van der Waals surface area contributed by atoms with Crippen LogP contribution in [0.4, 0.5) is 5.69 Å². The minimum Gasteiger partial charge on any atom is -0.368 e. The van der Waals surface area contributed by atoms with Crippen LogP contribution in [-0.2, 0) is 0 Å². The average molecular weight is 316 g/mol. The van der Waals surface area contributed by atoms with Crippen LogP contribution >= 0.6 is 11.6 Å². The van der Waals surface area contributed by atoms with Crippen molar-refractivity contribution in [3.05, 3.63) is 58.9 Å². The Morgan fingerprint density at radius 2 is 1.91 bits per heavy atom. The summed E-state index contributed by atoms with van der Waals surface area (Å²) in [7, 11) is 0. The average Bonchev–Trinajstić information content (AvgIpc) is 2.57. The molecule has 5 heteroatoms. The number of carbonyl (C=O) groups is 1. The number of piperazine rings is 1. The van der Waals surface area contributed by atoms with E-state index in [4.69, 9.17) is 11.6 Å². The number of amides is 1. The van der Waals surface area contributed by atoms with Crippen molar-refractivity contribution in [3.8, 4) is 0 Å². The lowest BCUT2D eigenvalue weighted by Crippen LogP contribution is -2.49. The smallest absolute Gasteiger partial charge is 0.272 e. The molecule has 1 aliphatic rings. The predicted molar refractivity (Wildman–Crippen MR) is 88.5 cm³/mol.